The van der Waals surface area contributed by atoms with Gasteiger partial charge in [-0.15, -0.1) is 0 Å². The molecule has 2 aromatic heterocycles. The molecular formula is C19H16FN3O3. The van der Waals surface area contributed by atoms with E-state index in [2.05, 4.69) is 15.4 Å². The summed E-state index contributed by atoms with van der Waals surface area (Å²) in [5.74, 6) is 1.49. The zero-order chi connectivity index (χ0) is 18.3. The smallest absolute Gasteiger partial charge is 0.158 e. The number of halogens is 1. The molecule has 1 N–H and O–H groups in total. The number of hydrogen-bond donors (Lipinski definition) is 1. The molecule has 0 bridgehead atoms. The molecule has 132 valence electrons. The van der Waals surface area contributed by atoms with Crippen LogP contribution in [0.25, 0.3) is 33.7 Å². The van der Waals surface area contributed by atoms with Gasteiger partial charge in [0, 0.05) is 17.0 Å². The van der Waals surface area contributed by atoms with Gasteiger partial charge < -0.3 is 13.9 Å². The molecule has 2 aromatic carbocycles. The van der Waals surface area contributed by atoms with Crippen molar-refractivity contribution in [1.29, 1.82) is 0 Å². The number of aryl methyl sites for hydroxylation is 1. The van der Waals surface area contributed by atoms with E-state index in [0.717, 1.165) is 5.56 Å². The van der Waals surface area contributed by atoms with E-state index in [1.54, 1.807) is 39.3 Å². The van der Waals surface area contributed by atoms with Gasteiger partial charge in [-0.25, -0.2) is 4.39 Å². The average molecular weight is 353 g/mol. The van der Waals surface area contributed by atoms with Crippen LogP contribution < -0.4 is 9.47 Å². The van der Waals surface area contributed by atoms with Gasteiger partial charge in [0.25, 0.3) is 0 Å². The highest BCUT2D eigenvalue weighted by Gasteiger charge is 2.18. The lowest BCUT2D eigenvalue weighted by Crippen LogP contribution is -1.90. The number of ether oxygens (including phenoxy) is 2. The Labute approximate surface area is 148 Å². The Hall–Kier alpha value is -3.35. The van der Waals surface area contributed by atoms with Crippen LogP contribution in [-0.4, -0.2) is 29.6 Å². The van der Waals surface area contributed by atoms with Crippen LogP contribution in [0.2, 0.25) is 0 Å². The van der Waals surface area contributed by atoms with E-state index < -0.39 is 0 Å². The van der Waals surface area contributed by atoms with Crippen LogP contribution in [-0.2, 0) is 0 Å². The number of aromatic nitrogens is 3. The molecule has 0 spiro atoms. The summed E-state index contributed by atoms with van der Waals surface area (Å²) in [5, 5.41) is 11.7. The Balaban J connectivity index is 1.85. The topological polar surface area (TPSA) is 73.2 Å². The van der Waals surface area contributed by atoms with Crippen molar-refractivity contribution in [2.24, 2.45) is 0 Å². The van der Waals surface area contributed by atoms with Gasteiger partial charge in [0.2, 0.25) is 0 Å². The Bertz CT molecular complexity index is 1040. The highest BCUT2D eigenvalue weighted by atomic mass is 19.1. The first-order chi connectivity index (χ1) is 12.6. The van der Waals surface area contributed by atoms with Crippen LogP contribution in [0.3, 0.4) is 0 Å². The highest BCUT2D eigenvalue weighted by molar-refractivity contribution is 5.86. The second kappa shape index (κ2) is 6.18. The van der Waals surface area contributed by atoms with E-state index >= 15 is 0 Å². The van der Waals surface area contributed by atoms with Gasteiger partial charge in [0.1, 0.15) is 28.6 Å². The normalized spacial score (nSPS) is 11.1. The summed E-state index contributed by atoms with van der Waals surface area (Å²) in [5.41, 5.74) is 2.98. The highest BCUT2D eigenvalue weighted by Crippen LogP contribution is 2.36. The summed E-state index contributed by atoms with van der Waals surface area (Å²) < 4.78 is 30.3. The monoisotopic (exact) mass is 353 g/mol. The van der Waals surface area contributed by atoms with Gasteiger partial charge in [0.05, 0.1) is 14.2 Å². The lowest BCUT2D eigenvalue weighted by atomic mass is 10.1. The number of nitrogens with one attached hydrogen (secondary N) is 1. The van der Waals surface area contributed by atoms with E-state index in [1.807, 2.05) is 12.1 Å². The summed E-state index contributed by atoms with van der Waals surface area (Å²) in [4.78, 5) is 0. The quantitative estimate of drug-likeness (QED) is 0.590. The molecule has 7 heteroatoms. The molecule has 0 aliphatic heterocycles. The van der Waals surface area contributed by atoms with Crippen molar-refractivity contribution in [3.8, 4) is 34.2 Å². The Morgan fingerprint density at radius 2 is 1.62 bits per heavy atom. The molecule has 0 atom stereocenters. The van der Waals surface area contributed by atoms with Gasteiger partial charge in [-0.05, 0) is 42.8 Å². The van der Waals surface area contributed by atoms with Crippen molar-refractivity contribution in [1.82, 2.24) is 15.4 Å². The lowest BCUT2D eigenvalue weighted by molar-refractivity contribution is 0.394. The minimum absolute atomic E-state index is 0.275. The summed E-state index contributed by atoms with van der Waals surface area (Å²) in [6.07, 6.45) is 0. The van der Waals surface area contributed by atoms with E-state index in [-0.39, 0.29) is 5.82 Å². The SMILES string of the molecule is COc1cc(OC)cc(-c2n[nH]nc2-c2cc3cc(F)c(C)cc3o2)c1. The molecule has 0 aliphatic rings. The van der Waals surface area contributed by atoms with E-state index in [1.165, 1.54) is 6.07 Å². The maximum atomic E-state index is 13.8. The zero-order valence-electron chi connectivity index (χ0n) is 14.5. The van der Waals surface area contributed by atoms with Gasteiger partial charge in [-0.1, -0.05) is 0 Å². The number of nitrogens with zero attached hydrogens (tertiary/aromatic N) is 2. The molecule has 6 nitrogen and oxygen atoms in total. The summed E-state index contributed by atoms with van der Waals surface area (Å²) in [6.45, 7) is 1.70. The van der Waals surface area contributed by atoms with Gasteiger partial charge in [-0.2, -0.15) is 15.4 Å². The molecule has 4 aromatic rings. The molecule has 0 fully saturated rings. The minimum Gasteiger partial charge on any atom is -0.497 e. The maximum Gasteiger partial charge on any atom is 0.158 e. The molecule has 0 unspecified atom stereocenters. The third-order valence-electron chi connectivity index (χ3n) is 4.20. The largest absolute Gasteiger partial charge is 0.497 e. The van der Waals surface area contributed by atoms with E-state index in [0.29, 0.717) is 45.2 Å². The Kier molecular flexibility index (Phi) is 3.84. The van der Waals surface area contributed by atoms with Crippen LogP contribution in [0.4, 0.5) is 4.39 Å². The predicted octanol–water partition coefficient (Wildman–Crippen LogP) is 4.35. The Morgan fingerprint density at radius 3 is 2.31 bits per heavy atom. The first kappa shape index (κ1) is 16.1. The number of benzene rings is 2. The summed E-state index contributed by atoms with van der Waals surface area (Å²) >= 11 is 0. The third kappa shape index (κ3) is 2.67. The second-order valence-corrected chi connectivity index (χ2v) is 5.87. The number of hydrogen-bond acceptors (Lipinski definition) is 5. The number of furan rings is 1. The Morgan fingerprint density at radius 1 is 0.923 bits per heavy atom. The number of aromatic amines is 1. The summed E-state index contributed by atoms with van der Waals surface area (Å²) in [7, 11) is 3.16. The zero-order valence-corrected chi connectivity index (χ0v) is 14.5. The molecule has 4 rings (SSSR count). The van der Waals surface area contributed by atoms with Crippen LogP contribution in [0, 0.1) is 12.7 Å². The average Bonchev–Trinajstić information content (AvgIpc) is 3.28. The van der Waals surface area contributed by atoms with Crippen molar-refractivity contribution < 1.29 is 18.3 Å². The standard InChI is InChI=1S/C19H16FN3O3/c1-10-4-16-11(7-15(10)20)8-17(26-16)19-18(21-23-22-19)12-5-13(24-2)9-14(6-12)25-3/h4-9H,1-3H3,(H,21,22,23). The first-order valence-corrected chi connectivity index (χ1v) is 7.93. The number of rotatable bonds is 4. The molecule has 0 aliphatic carbocycles. The van der Waals surface area contributed by atoms with E-state index in [4.69, 9.17) is 13.9 Å². The van der Waals surface area contributed by atoms with Crippen LogP contribution in [0.15, 0.2) is 40.8 Å². The second-order valence-electron chi connectivity index (χ2n) is 5.87. The number of fused-ring (bicyclic) bond motifs is 1. The van der Waals surface area contributed by atoms with Crippen LogP contribution in [0.5, 0.6) is 11.5 Å². The first-order valence-electron chi connectivity index (χ1n) is 7.93. The van der Waals surface area contributed by atoms with Crippen molar-refractivity contribution in [3.05, 3.63) is 47.8 Å². The van der Waals surface area contributed by atoms with Crippen molar-refractivity contribution >= 4 is 11.0 Å². The molecule has 0 saturated heterocycles. The molecule has 26 heavy (non-hydrogen) atoms. The fourth-order valence-corrected chi connectivity index (χ4v) is 2.83. The van der Waals surface area contributed by atoms with Crippen molar-refractivity contribution in [2.45, 2.75) is 6.92 Å². The van der Waals surface area contributed by atoms with Gasteiger partial charge in [-0.3, -0.25) is 0 Å². The fourth-order valence-electron chi connectivity index (χ4n) is 2.83. The third-order valence-corrected chi connectivity index (χ3v) is 4.20. The lowest BCUT2D eigenvalue weighted by Gasteiger charge is -2.07. The van der Waals surface area contributed by atoms with Crippen LogP contribution >= 0.6 is 0 Å². The predicted molar refractivity (Wildman–Crippen MR) is 94.8 cm³/mol. The molecular weight excluding hydrogens is 337 g/mol. The molecule has 0 radical (unpaired) electrons. The maximum absolute atomic E-state index is 13.8. The minimum atomic E-state index is -0.275. The van der Waals surface area contributed by atoms with Gasteiger partial charge in [0.15, 0.2) is 11.5 Å². The van der Waals surface area contributed by atoms with Crippen molar-refractivity contribution in [2.75, 3.05) is 14.2 Å². The fraction of sp³-hybridized carbons (Fsp3) is 0.158. The van der Waals surface area contributed by atoms with Crippen LogP contribution in [0.1, 0.15) is 5.56 Å². The van der Waals surface area contributed by atoms with Gasteiger partial charge >= 0.3 is 0 Å². The molecule has 2 heterocycles. The summed E-state index contributed by atoms with van der Waals surface area (Å²) in [6, 6.07) is 10.3. The van der Waals surface area contributed by atoms with E-state index in [9.17, 15) is 4.39 Å². The number of H-pyrrole nitrogens is 1. The molecule has 0 saturated carbocycles. The molecule has 0 amide bonds. The number of methoxy groups -OCH3 is 2. The van der Waals surface area contributed by atoms with Crippen molar-refractivity contribution in [3.63, 3.8) is 0 Å².